The van der Waals surface area contributed by atoms with E-state index < -0.39 is 3.74 Å². The molecule has 1 nitrogen and oxygen atoms in total. The number of hydrogen-bond acceptors (Lipinski definition) is 1. The summed E-state index contributed by atoms with van der Waals surface area (Å²) in [6, 6.07) is 0. The summed E-state index contributed by atoms with van der Waals surface area (Å²) in [5, 5.41) is 0. The Bertz CT molecular complexity index is 140. The molecule has 0 aromatic heterocycles. The number of ketones is 1. The molecule has 0 spiro atoms. The lowest BCUT2D eigenvalue weighted by atomic mass is 10.5. The van der Waals surface area contributed by atoms with Gasteiger partial charge in [-0.1, -0.05) is 55.1 Å². The van der Waals surface area contributed by atoms with Crippen LogP contribution in [0.1, 0.15) is 0 Å². The molecule has 0 aromatic carbocycles. The average molecular weight is 297 g/mol. The molecule has 0 saturated carbocycles. The van der Waals surface area contributed by atoms with Crippen LogP contribution >= 0.6 is 55.1 Å². The second-order valence-electron chi connectivity index (χ2n) is 1.14. The molecule has 0 aliphatic rings. The van der Waals surface area contributed by atoms with Crippen molar-refractivity contribution in [3.8, 4) is 0 Å². The van der Waals surface area contributed by atoms with Gasteiger partial charge >= 0.3 is 0 Å². The van der Waals surface area contributed by atoms with Crippen LogP contribution in [0.4, 0.5) is 0 Å². The largest absolute Gasteiger partial charge is 0.293 e. The van der Waals surface area contributed by atoms with Crippen LogP contribution in [0, 0.1) is 0 Å². The first-order valence-corrected chi connectivity index (χ1v) is 4.47. The molecular weight excluding hydrogens is 295 g/mol. The summed E-state index contributed by atoms with van der Waals surface area (Å²) in [5.41, 5.74) is 0. The molecule has 9 heavy (non-hydrogen) atoms. The monoisotopic (exact) mass is 294 g/mol. The van der Waals surface area contributed by atoms with Gasteiger partial charge in [-0.25, -0.2) is 0 Å². The van der Waals surface area contributed by atoms with E-state index in [-0.39, 0.29) is 10.3 Å². The van der Waals surface area contributed by atoms with Crippen LogP contribution in [0.5, 0.6) is 0 Å². The van der Waals surface area contributed by atoms with Crippen molar-refractivity contribution >= 4 is 60.8 Å². The van der Waals surface area contributed by atoms with Crippen LogP contribution in [0.25, 0.3) is 0 Å². The van der Waals surface area contributed by atoms with E-state index >= 15 is 0 Å². The molecule has 0 fully saturated rings. The fourth-order valence-electron chi connectivity index (χ4n) is 0.171. The molecule has 5 heteroatoms. The van der Waals surface area contributed by atoms with Gasteiger partial charge in [0.1, 0.15) is 8.23 Å². The first-order valence-electron chi connectivity index (χ1n) is 1.88. The summed E-state index contributed by atoms with van der Waals surface area (Å²) < 4.78 is -0.443. The topological polar surface area (TPSA) is 17.1 Å². The predicted molar refractivity (Wildman–Crippen MR) is 46.4 cm³/mol. The van der Waals surface area contributed by atoms with E-state index in [9.17, 15) is 4.79 Å². The zero-order chi connectivity index (χ0) is 7.44. The van der Waals surface area contributed by atoms with Crippen LogP contribution < -0.4 is 0 Å². The van der Waals surface area contributed by atoms with E-state index in [2.05, 4.69) is 31.9 Å². The van der Waals surface area contributed by atoms with E-state index in [1.54, 1.807) is 0 Å². The van der Waals surface area contributed by atoms with E-state index in [0.29, 0.717) is 0 Å². The molecule has 0 N–H and O–H groups in total. The van der Waals surface area contributed by atoms with Crippen LogP contribution in [0.15, 0.2) is 10.6 Å². The quantitative estimate of drug-likeness (QED) is 0.565. The van der Waals surface area contributed by atoms with Crippen molar-refractivity contribution in [1.29, 1.82) is 0 Å². The van der Waals surface area contributed by atoms with Gasteiger partial charge in [0.2, 0.25) is 0 Å². The summed E-state index contributed by atoms with van der Waals surface area (Å²) in [5.74, 6) is -0.213. The Hall–Kier alpha value is 0.950. The lowest BCUT2D eigenvalue weighted by Crippen LogP contribution is -2.01. The van der Waals surface area contributed by atoms with E-state index in [1.165, 1.54) is 0 Å². The molecule has 0 aromatic rings. The number of hydrogen-bond donors (Lipinski definition) is 0. The number of allylic oxidation sites excluding steroid dienone is 1. The maximum Gasteiger partial charge on any atom is 0.182 e. The van der Waals surface area contributed by atoms with Gasteiger partial charge in [0, 0.05) is 6.08 Å². The molecule has 0 rings (SSSR count). The Labute approximate surface area is 79.6 Å². The molecule has 0 radical (unpaired) electrons. The highest BCUT2D eigenvalue weighted by Gasteiger charge is 2.06. The SMILES string of the molecule is O=C(C=C(Cl)Cl)C(Br)Br. The van der Waals surface area contributed by atoms with Crippen LogP contribution in [0.2, 0.25) is 0 Å². The van der Waals surface area contributed by atoms with E-state index in [4.69, 9.17) is 23.2 Å². The van der Waals surface area contributed by atoms with Gasteiger partial charge in [0.05, 0.1) is 0 Å². The first-order chi connectivity index (χ1) is 4.04. The Morgan fingerprint density at radius 3 is 2.00 bits per heavy atom. The zero-order valence-corrected chi connectivity index (χ0v) is 8.76. The maximum atomic E-state index is 10.6. The first kappa shape index (κ1) is 9.95. The minimum atomic E-state index is -0.405. The van der Waals surface area contributed by atoms with Gasteiger partial charge in [0.25, 0.3) is 0 Å². The highest BCUT2D eigenvalue weighted by atomic mass is 79.9. The summed E-state index contributed by atoms with van der Waals surface area (Å²) in [4.78, 5) is 10.6. The van der Waals surface area contributed by atoms with Crippen molar-refractivity contribution < 1.29 is 4.79 Å². The lowest BCUT2D eigenvalue weighted by Gasteiger charge is -1.90. The van der Waals surface area contributed by atoms with Crippen molar-refractivity contribution in [1.82, 2.24) is 0 Å². The number of halogens is 4. The fourth-order valence-corrected chi connectivity index (χ4v) is 0.650. The summed E-state index contributed by atoms with van der Waals surface area (Å²) >= 11 is 16.3. The second kappa shape index (κ2) is 4.72. The highest BCUT2D eigenvalue weighted by molar-refractivity contribution is 9.25. The predicted octanol–water partition coefficient (Wildman–Crippen LogP) is 2.99. The van der Waals surface area contributed by atoms with E-state index in [1.807, 2.05) is 0 Å². The standard InChI is InChI=1S/C4H2Br2Cl2O/c5-4(6)2(9)1-3(7)8/h1,4H. The molecule has 0 amide bonds. The second-order valence-corrected chi connectivity index (χ2v) is 5.21. The summed E-state index contributed by atoms with van der Waals surface area (Å²) in [6.45, 7) is 0. The zero-order valence-electron chi connectivity index (χ0n) is 4.07. The highest BCUT2D eigenvalue weighted by Crippen LogP contribution is 2.13. The third-order valence-corrected chi connectivity index (χ3v) is 1.59. The molecule has 0 unspecified atom stereocenters. The van der Waals surface area contributed by atoms with Crippen molar-refractivity contribution in [2.45, 2.75) is 3.74 Å². The van der Waals surface area contributed by atoms with Gasteiger partial charge < -0.3 is 0 Å². The van der Waals surface area contributed by atoms with Gasteiger partial charge in [-0.15, -0.1) is 0 Å². The van der Waals surface area contributed by atoms with E-state index in [0.717, 1.165) is 6.08 Å². The fraction of sp³-hybridized carbons (Fsp3) is 0.250. The summed E-state index contributed by atoms with van der Waals surface area (Å²) in [7, 11) is 0. The molecular formula is C4H2Br2Cl2O. The van der Waals surface area contributed by atoms with Crippen molar-refractivity contribution in [2.75, 3.05) is 0 Å². The van der Waals surface area contributed by atoms with Gasteiger partial charge in [-0.2, -0.15) is 0 Å². The smallest absolute Gasteiger partial charge is 0.182 e. The number of carbonyl (C=O) groups excluding carboxylic acids is 1. The Balaban J connectivity index is 3.93. The number of rotatable bonds is 2. The molecule has 0 bridgehead atoms. The third-order valence-electron chi connectivity index (χ3n) is 0.466. The lowest BCUT2D eigenvalue weighted by molar-refractivity contribution is -0.112. The Morgan fingerprint density at radius 1 is 1.44 bits per heavy atom. The number of alkyl halides is 2. The molecule has 0 atom stereocenters. The average Bonchev–Trinajstić information content (AvgIpc) is 1.63. The van der Waals surface area contributed by atoms with Gasteiger partial charge in [-0.05, 0) is 0 Å². The summed E-state index contributed by atoms with van der Waals surface area (Å²) in [6.07, 6.45) is 1.12. The molecule has 0 heterocycles. The van der Waals surface area contributed by atoms with Crippen LogP contribution in [-0.2, 0) is 4.79 Å². The number of carbonyl (C=O) groups is 1. The molecule has 0 aliphatic carbocycles. The molecule has 52 valence electrons. The maximum absolute atomic E-state index is 10.6. The van der Waals surface area contributed by atoms with Gasteiger partial charge in [0.15, 0.2) is 5.78 Å². The van der Waals surface area contributed by atoms with Crippen molar-refractivity contribution in [2.24, 2.45) is 0 Å². The normalized spacial score (nSPS) is 9.44. The van der Waals surface area contributed by atoms with Crippen LogP contribution in [-0.4, -0.2) is 9.52 Å². The Morgan fingerprint density at radius 2 is 1.89 bits per heavy atom. The molecule has 0 aliphatic heterocycles. The van der Waals surface area contributed by atoms with Crippen molar-refractivity contribution in [3.63, 3.8) is 0 Å². The van der Waals surface area contributed by atoms with Crippen molar-refractivity contribution in [3.05, 3.63) is 10.6 Å². The Kier molecular flexibility index (Phi) is 5.22. The third kappa shape index (κ3) is 5.40. The minimum Gasteiger partial charge on any atom is -0.293 e. The molecule has 0 saturated heterocycles. The van der Waals surface area contributed by atoms with Gasteiger partial charge in [-0.3, -0.25) is 4.79 Å². The minimum absolute atomic E-state index is 0.0381. The van der Waals surface area contributed by atoms with Crippen LogP contribution in [0.3, 0.4) is 0 Å².